The van der Waals surface area contributed by atoms with Crippen molar-refractivity contribution in [1.82, 2.24) is 20.1 Å². The Morgan fingerprint density at radius 1 is 1.43 bits per heavy atom. The van der Waals surface area contributed by atoms with Gasteiger partial charge in [0, 0.05) is 30.7 Å². The molecule has 2 heterocycles. The number of hydrogen-bond donors (Lipinski definition) is 1. The van der Waals surface area contributed by atoms with Gasteiger partial charge < -0.3 is 5.32 Å². The Bertz CT molecular complexity index is 609. The van der Waals surface area contributed by atoms with Gasteiger partial charge in [0.1, 0.15) is 5.69 Å². The first-order chi connectivity index (χ1) is 9.91. The summed E-state index contributed by atoms with van der Waals surface area (Å²) in [6.07, 6.45) is -0.654. The summed E-state index contributed by atoms with van der Waals surface area (Å²) < 4.78 is 40.7. The van der Waals surface area contributed by atoms with Crippen LogP contribution in [0.15, 0.2) is 36.8 Å². The van der Waals surface area contributed by atoms with Gasteiger partial charge in [0.2, 0.25) is 0 Å². The summed E-state index contributed by atoms with van der Waals surface area (Å²) in [6.45, 7) is 2.33. The molecule has 0 spiro atoms. The molecule has 1 atom stereocenters. The summed E-state index contributed by atoms with van der Waals surface area (Å²) in [5.74, 6) is -0.881. The second-order valence-corrected chi connectivity index (χ2v) is 4.29. The lowest BCUT2D eigenvalue weighted by molar-refractivity contribution is -0.155. The Kier molecular flexibility index (Phi) is 4.25. The van der Waals surface area contributed by atoms with Crippen LogP contribution in [0.3, 0.4) is 0 Å². The Balaban J connectivity index is 2.21. The van der Waals surface area contributed by atoms with Gasteiger partial charge in [0.25, 0.3) is 5.91 Å². The first kappa shape index (κ1) is 15.0. The van der Waals surface area contributed by atoms with Crippen molar-refractivity contribution in [2.24, 2.45) is 0 Å². The lowest BCUT2D eigenvalue weighted by atomic mass is 10.1. The van der Waals surface area contributed by atoms with E-state index < -0.39 is 18.1 Å². The fourth-order valence-corrected chi connectivity index (χ4v) is 1.76. The third-order valence-corrected chi connectivity index (χ3v) is 2.82. The van der Waals surface area contributed by atoms with E-state index in [9.17, 15) is 18.0 Å². The Hall–Kier alpha value is -2.38. The van der Waals surface area contributed by atoms with Gasteiger partial charge in [-0.2, -0.15) is 18.3 Å². The summed E-state index contributed by atoms with van der Waals surface area (Å²) in [4.78, 5) is 15.5. The molecule has 112 valence electrons. The predicted octanol–water partition coefficient (Wildman–Crippen LogP) is 2.33. The van der Waals surface area contributed by atoms with Gasteiger partial charge in [-0.15, -0.1) is 0 Å². The van der Waals surface area contributed by atoms with Crippen molar-refractivity contribution in [3.63, 3.8) is 0 Å². The molecule has 0 aliphatic heterocycles. The van der Waals surface area contributed by atoms with E-state index in [-0.39, 0.29) is 11.3 Å². The minimum absolute atomic E-state index is 0.0602. The van der Waals surface area contributed by atoms with Crippen molar-refractivity contribution >= 4 is 5.91 Å². The van der Waals surface area contributed by atoms with Gasteiger partial charge in [-0.3, -0.25) is 14.5 Å². The number of hydrogen-bond acceptors (Lipinski definition) is 3. The standard InChI is InChI=1S/C13H13F3N4O/c1-2-20-7-5-10(19-20)12(21)18-11(13(14,15)16)9-4-3-6-17-8-9/h3-8,11H,2H2,1H3,(H,18,21)/t11-/m0/s1. The Morgan fingerprint density at radius 3 is 2.71 bits per heavy atom. The number of amides is 1. The quantitative estimate of drug-likeness (QED) is 0.942. The average Bonchev–Trinajstić information content (AvgIpc) is 2.93. The number of aryl methyl sites for hydroxylation is 1. The number of carbonyl (C=O) groups is 1. The molecule has 1 amide bonds. The summed E-state index contributed by atoms with van der Waals surface area (Å²) >= 11 is 0. The molecule has 0 aliphatic carbocycles. The molecule has 0 saturated heterocycles. The first-order valence-electron chi connectivity index (χ1n) is 6.22. The molecule has 2 aromatic heterocycles. The largest absolute Gasteiger partial charge is 0.412 e. The van der Waals surface area contributed by atoms with E-state index in [4.69, 9.17) is 0 Å². The Morgan fingerprint density at radius 2 is 2.19 bits per heavy atom. The molecule has 0 fully saturated rings. The molecule has 21 heavy (non-hydrogen) atoms. The molecule has 0 aromatic carbocycles. The predicted molar refractivity (Wildman–Crippen MR) is 68.4 cm³/mol. The highest BCUT2D eigenvalue weighted by Crippen LogP contribution is 2.32. The normalized spacial score (nSPS) is 13.0. The van der Waals surface area contributed by atoms with Crippen LogP contribution in [0.2, 0.25) is 0 Å². The zero-order chi connectivity index (χ0) is 15.5. The molecule has 0 unspecified atom stereocenters. The van der Waals surface area contributed by atoms with Crippen molar-refractivity contribution in [2.75, 3.05) is 0 Å². The smallest absolute Gasteiger partial charge is 0.335 e. The molecule has 0 bridgehead atoms. The van der Waals surface area contributed by atoms with Crippen LogP contribution in [0, 0.1) is 0 Å². The van der Waals surface area contributed by atoms with E-state index >= 15 is 0 Å². The highest BCUT2D eigenvalue weighted by molar-refractivity contribution is 5.92. The van der Waals surface area contributed by atoms with Gasteiger partial charge in [-0.05, 0) is 19.1 Å². The van der Waals surface area contributed by atoms with Crippen molar-refractivity contribution in [2.45, 2.75) is 25.7 Å². The summed E-state index contributed by atoms with van der Waals surface area (Å²) in [7, 11) is 0. The third-order valence-electron chi connectivity index (χ3n) is 2.82. The highest BCUT2D eigenvalue weighted by Gasteiger charge is 2.42. The van der Waals surface area contributed by atoms with Crippen molar-refractivity contribution in [3.8, 4) is 0 Å². The first-order valence-corrected chi connectivity index (χ1v) is 6.22. The summed E-state index contributed by atoms with van der Waals surface area (Å²) in [5.41, 5.74) is -0.191. The molecule has 2 aromatic rings. The van der Waals surface area contributed by atoms with Crippen LogP contribution in [0.1, 0.15) is 29.0 Å². The molecule has 0 aliphatic rings. The molecular weight excluding hydrogens is 285 g/mol. The van der Waals surface area contributed by atoms with Crippen LogP contribution >= 0.6 is 0 Å². The van der Waals surface area contributed by atoms with Gasteiger partial charge in [-0.1, -0.05) is 6.07 Å². The lowest BCUT2D eigenvalue weighted by Crippen LogP contribution is -2.38. The van der Waals surface area contributed by atoms with E-state index in [1.54, 1.807) is 0 Å². The van der Waals surface area contributed by atoms with E-state index in [0.29, 0.717) is 6.54 Å². The monoisotopic (exact) mass is 298 g/mol. The molecular formula is C13H13F3N4O. The zero-order valence-corrected chi connectivity index (χ0v) is 11.1. The highest BCUT2D eigenvalue weighted by atomic mass is 19.4. The molecule has 0 saturated carbocycles. The average molecular weight is 298 g/mol. The van der Waals surface area contributed by atoms with E-state index in [1.807, 2.05) is 12.2 Å². The molecule has 2 rings (SSSR count). The number of pyridine rings is 1. The van der Waals surface area contributed by atoms with Crippen LogP contribution in [-0.4, -0.2) is 26.8 Å². The second kappa shape index (κ2) is 5.94. The van der Waals surface area contributed by atoms with Crippen LogP contribution in [0.25, 0.3) is 0 Å². The number of halogens is 3. The van der Waals surface area contributed by atoms with Crippen LogP contribution in [0.5, 0.6) is 0 Å². The van der Waals surface area contributed by atoms with Crippen molar-refractivity contribution in [3.05, 3.63) is 48.0 Å². The van der Waals surface area contributed by atoms with Crippen LogP contribution in [-0.2, 0) is 6.54 Å². The van der Waals surface area contributed by atoms with Crippen molar-refractivity contribution in [1.29, 1.82) is 0 Å². The fraction of sp³-hybridized carbons (Fsp3) is 0.308. The number of nitrogens with one attached hydrogen (secondary N) is 1. The topological polar surface area (TPSA) is 59.8 Å². The van der Waals surface area contributed by atoms with E-state index in [0.717, 1.165) is 6.20 Å². The Labute approximate surface area is 118 Å². The minimum atomic E-state index is -4.62. The second-order valence-electron chi connectivity index (χ2n) is 4.29. The third kappa shape index (κ3) is 3.59. The zero-order valence-electron chi connectivity index (χ0n) is 11.1. The van der Waals surface area contributed by atoms with Crippen molar-refractivity contribution < 1.29 is 18.0 Å². The lowest BCUT2D eigenvalue weighted by Gasteiger charge is -2.21. The number of nitrogens with zero attached hydrogens (tertiary/aromatic N) is 3. The summed E-state index contributed by atoms with van der Waals surface area (Å²) in [5, 5.41) is 5.83. The fourth-order valence-electron chi connectivity index (χ4n) is 1.76. The number of aromatic nitrogens is 3. The number of rotatable bonds is 4. The van der Waals surface area contributed by atoms with Gasteiger partial charge >= 0.3 is 6.18 Å². The van der Waals surface area contributed by atoms with E-state index in [2.05, 4.69) is 10.1 Å². The maximum Gasteiger partial charge on any atom is 0.412 e. The minimum Gasteiger partial charge on any atom is -0.335 e. The molecule has 5 nitrogen and oxygen atoms in total. The number of carbonyl (C=O) groups excluding carboxylic acids is 1. The maximum absolute atomic E-state index is 13.1. The van der Waals surface area contributed by atoms with Gasteiger partial charge in [0.05, 0.1) is 0 Å². The van der Waals surface area contributed by atoms with Crippen LogP contribution in [0.4, 0.5) is 13.2 Å². The van der Waals surface area contributed by atoms with Gasteiger partial charge in [0.15, 0.2) is 6.04 Å². The summed E-state index contributed by atoms with van der Waals surface area (Å²) in [6, 6.07) is 1.89. The van der Waals surface area contributed by atoms with Gasteiger partial charge in [-0.25, -0.2) is 0 Å². The van der Waals surface area contributed by atoms with E-state index in [1.165, 1.54) is 35.3 Å². The SMILES string of the molecule is CCn1ccc(C(=O)N[C@@H](c2cccnc2)C(F)(F)F)n1. The van der Waals surface area contributed by atoms with Crippen LogP contribution < -0.4 is 5.32 Å². The molecule has 8 heteroatoms. The molecule has 1 N–H and O–H groups in total. The molecule has 0 radical (unpaired) electrons. The number of alkyl halides is 3. The maximum atomic E-state index is 13.1.